The third kappa shape index (κ3) is 3.86. The summed E-state index contributed by atoms with van der Waals surface area (Å²) in [6, 6.07) is 8.11. The van der Waals surface area contributed by atoms with Crippen LogP contribution in [0, 0.1) is 25.7 Å². The maximum absolute atomic E-state index is 8.74. The van der Waals surface area contributed by atoms with Crippen LogP contribution in [0.4, 0.5) is 0 Å². The van der Waals surface area contributed by atoms with Crippen LogP contribution in [0.25, 0.3) is 0 Å². The Morgan fingerprint density at radius 3 is 2.80 bits per heavy atom. The Labute approximate surface area is 124 Å². The van der Waals surface area contributed by atoms with E-state index in [1.54, 1.807) is 11.3 Å². The van der Waals surface area contributed by atoms with Gasteiger partial charge in [-0.05, 0) is 48.6 Å². The zero-order valence-electron chi connectivity index (χ0n) is 11.8. The summed E-state index contributed by atoms with van der Waals surface area (Å²) in [5, 5.41) is 10.8. The molecule has 0 aliphatic rings. The van der Waals surface area contributed by atoms with Gasteiger partial charge in [0.1, 0.15) is 12.4 Å². The van der Waals surface area contributed by atoms with Crippen molar-refractivity contribution in [2.24, 2.45) is 0 Å². The topological polar surface area (TPSA) is 29.5 Å². The van der Waals surface area contributed by atoms with E-state index in [9.17, 15) is 0 Å². The van der Waals surface area contributed by atoms with Crippen molar-refractivity contribution >= 4 is 11.3 Å². The molecular weight excluding hydrogens is 268 g/mol. The number of rotatable bonds is 4. The molecule has 1 heterocycles. The summed E-state index contributed by atoms with van der Waals surface area (Å²) >= 11 is 1.64. The summed E-state index contributed by atoms with van der Waals surface area (Å²) in [6.07, 6.45) is 0.507. The number of aryl methyl sites for hydroxylation is 2. The van der Waals surface area contributed by atoms with E-state index >= 15 is 0 Å². The van der Waals surface area contributed by atoms with Crippen molar-refractivity contribution in [1.82, 2.24) is 0 Å². The van der Waals surface area contributed by atoms with Gasteiger partial charge < -0.3 is 9.84 Å². The second kappa shape index (κ2) is 7.14. The van der Waals surface area contributed by atoms with Crippen molar-refractivity contribution in [3.05, 3.63) is 51.2 Å². The van der Waals surface area contributed by atoms with Gasteiger partial charge in [-0.3, -0.25) is 0 Å². The summed E-state index contributed by atoms with van der Waals surface area (Å²) in [4.78, 5) is 1.12. The predicted molar refractivity (Wildman–Crippen MR) is 83.1 cm³/mol. The molecule has 1 aromatic carbocycles. The molecule has 0 aliphatic heterocycles. The second-order valence-electron chi connectivity index (χ2n) is 4.57. The Morgan fingerprint density at radius 1 is 1.20 bits per heavy atom. The van der Waals surface area contributed by atoms with Crippen molar-refractivity contribution in [3.8, 4) is 17.6 Å². The highest BCUT2D eigenvalue weighted by Gasteiger charge is 2.04. The van der Waals surface area contributed by atoms with Gasteiger partial charge >= 0.3 is 0 Å². The van der Waals surface area contributed by atoms with Crippen molar-refractivity contribution in [3.63, 3.8) is 0 Å². The number of benzene rings is 1. The molecule has 1 N–H and O–H groups in total. The van der Waals surface area contributed by atoms with Gasteiger partial charge in [0, 0.05) is 12.0 Å². The van der Waals surface area contributed by atoms with Crippen LogP contribution < -0.4 is 4.74 Å². The van der Waals surface area contributed by atoms with E-state index in [0.717, 1.165) is 16.2 Å². The van der Waals surface area contributed by atoms with Crippen LogP contribution in [0.1, 0.15) is 28.0 Å². The average Bonchev–Trinajstić information content (AvgIpc) is 2.88. The standard InChI is InChI=1S/C17H18O2S/c1-13-6-7-16(11-14(13)2)19-12-17-15(8-10-20-17)5-3-4-9-18/h6-8,10-11,18H,4,9,12H2,1-2H3. The highest BCUT2D eigenvalue weighted by molar-refractivity contribution is 7.10. The second-order valence-corrected chi connectivity index (χ2v) is 5.57. The zero-order valence-corrected chi connectivity index (χ0v) is 12.6. The summed E-state index contributed by atoms with van der Waals surface area (Å²) < 4.78 is 5.83. The first kappa shape index (κ1) is 14.6. The minimum absolute atomic E-state index is 0.103. The monoisotopic (exact) mass is 286 g/mol. The highest BCUT2D eigenvalue weighted by Crippen LogP contribution is 2.21. The maximum Gasteiger partial charge on any atom is 0.124 e. The van der Waals surface area contributed by atoms with Crippen molar-refractivity contribution in [1.29, 1.82) is 0 Å². The lowest BCUT2D eigenvalue weighted by atomic mass is 10.1. The molecule has 0 atom stereocenters. The fourth-order valence-corrected chi connectivity index (χ4v) is 2.47. The van der Waals surface area contributed by atoms with E-state index in [-0.39, 0.29) is 6.61 Å². The molecule has 20 heavy (non-hydrogen) atoms. The molecule has 0 radical (unpaired) electrons. The Kier molecular flexibility index (Phi) is 5.23. The molecule has 2 aromatic rings. The Hall–Kier alpha value is -1.76. The first-order valence-corrected chi connectivity index (χ1v) is 7.45. The van der Waals surface area contributed by atoms with Crippen LogP contribution in [-0.2, 0) is 6.61 Å². The molecule has 0 unspecified atom stereocenters. The lowest BCUT2D eigenvalue weighted by Gasteiger charge is -2.07. The third-order valence-electron chi connectivity index (χ3n) is 3.05. The minimum atomic E-state index is 0.103. The summed E-state index contributed by atoms with van der Waals surface area (Å²) in [7, 11) is 0. The van der Waals surface area contributed by atoms with Crippen molar-refractivity contribution < 1.29 is 9.84 Å². The highest BCUT2D eigenvalue weighted by atomic mass is 32.1. The average molecular weight is 286 g/mol. The van der Waals surface area contributed by atoms with Crippen molar-refractivity contribution in [2.75, 3.05) is 6.61 Å². The third-order valence-corrected chi connectivity index (χ3v) is 3.95. The summed E-state index contributed by atoms with van der Waals surface area (Å²) in [6.45, 7) is 4.81. The smallest absolute Gasteiger partial charge is 0.124 e. The predicted octanol–water partition coefficient (Wildman–Crippen LogP) is 3.68. The van der Waals surface area contributed by atoms with E-state index in [1.165, 1.54) is 11.1 Å². The molecule has 1 aromatic heterocycles. The molecule has 0 amide bonds. The van der Waals surface area contributed by atoms with E-state index < -0.39 is 0 Å². The van der Waals surface area contributed by atoms with E-state index in [4.69, 9.17) is 9.84 Å². The van der Waals surface area contributed by atoms with Crippen LogP contribution in [0.5, 0.6) is 5.75 Å². The molecule has 0 saturated heterocycles. The summed E-state index contributed by atoms with van der Waals surface area (Å²) in [5.74, 6) is 6.90. The first-order chi connectivity index (χ1) is 9.70. The SMILES string of the molecule is Cc1ccc(OCc2sccc2C#CCCO)cc1C. The van der Waals surface area contributed by atoms with Gasteiger partial charge in [-0.25, -0.2) is 0 Å². The number of aliphatic hydroxyl groups is 1. The molecule has 0 fully saturated rings. The number of hydrogen-bond donors (Lipinski definition) is 1. The minimum Gasteiger partial charge on any atom is -0.488 e. The van der Waals surface area contributed by atoms with Crippen molar-refractivity contribution in [2.45, 2.75) is 26.9 Å². The first-order valence-electron chi connectivity index (χ1n) is 6.57. The number of thiophene rings is 1. The largest absolute Gasteiger partial charge is 0.488 e. The van der Waals surface area contributed by atoms with Crippen LogP contribution >= 0.6 is 11.3 Å². The van der Waals surface area contributed by atoms with E-state index in [0.29, 0.717) is 13.0 Å². The lowest BCUT2D eigenvalue weighted by molar-refractivity contribution is 0.305. The number of hydrogen-bond acceptors (Lipinski definition) is 3. The molecule has 0 bridgehead atoms. The molecule has 2 rings (SSSR count). The fraction of sp³-hybridized carbons (Fsp3) is 0.294. The van der Waals surface area contributed by atoms with Crippen LogP contribution in [-0.4, -0.2) is 11.7 Å². The lowest BCUT2D eigenvalue weighted by Crippen LogP contribution is -1.95. The summed E-state index contributed by atoms with van der Waals surface area (Å²) in [5.41, 5.74) is 3.49. The van der Waals surface area contributed by atoms with Gasteiger partial charge in [0.25, 0.3) is 0 Å². The van der Waals surface area contributed by atoms with Crippen LogP contribution in [0.15, 0.2) is 29.6 Å². The van der Waals surface area contributed by atoms with Gasteiger partial charge in [0.15, 0.2) is 0 Å². The normalized spacial score (nSPS) is 9.95. The van der Waals surface area contributed by atoms with Crippen LogP contribution in [0.3, 0.4) is 0 Å². The molecule has 0 aliphatic carbocycles. The van der Waals surface area contributed by atoms with Crippen LogP contribution in [0.2, 0.25) is 0 Å². The number of aliphatic hydroxyl groups excluding tert-OH is 1. The Bertz CT molecular complexity index is 632. The van der Waals surface area contributed by atoms with Gasteiger partial charge in [0.05, 0.1) is 11.5 Å². The van der Waals surface area contributed by atoms with Gasteiger partial charge in [-0.15, -0.1) is 11.3 Å². The quantitative estimate of drug-likeness (QED) is 0.869. The molecule has 0 saturated carbocycles. The van der Waals surface area contributed by atoms with Gasteiger partial charge in [0.2, 0.25) is 0 Å². The molecule has 0 spiro atoms. The number of ether oxygens (including phenoxy) is 1. The fourth-order valence-electron chi connectivity index (χ4n) is 1.73. The van der Waals surface area contributed by atoms with E-state index in [2.05, 4.69) is 37.8 Å². The van der Waals surface area contributed by atoms with E-state index in [1.807, 2.05) is 17.5 Å². The Morgan fingerprint density at radius 2 is 2.05 bits per heavy atom. The maximum atomic E-state index is 8.74. The molecule has 2 nitrogen and oxygen atoms in total. The molecule has 3 heteroatoms. The molecule has 104 valence electrons. The zero-order chi connectivity index (χ0) is 14.4. The van der Waals surface area contributed by atoms with Gasteiger partial charge in [-0.2, -0.15) is 0 Å². The Balaban J connectivity index is 2.02. The van der Waals surface area contributed by atoms with Gasteiger partial charge in [-0.1, -0.05) is 17.9 Å². The molecular formula is C17H18O2S.